The molecule has 0 bridgehead atoms. The van der Waals surface area contributed by atoms with Crippen LogP contribution >= 0.6 is 0 Å². The monoisotopic (exact) mass is 325 g/mol. The minimum atomic E-state index is -0.0541. The van der Waals surface area contributed by atoms with Crippen LogP contribution in [-0.4, -0.2) is 45.5 Å². The average Bonchev–Trinajstić information content (AvgIpc) is 3.01. The predicted molar refractivity (Wildman–Crippen MR) is 90.5 cm³/mol. The maximum atomic E-state index is 6.07. The molecule has 1 aliphatic rings. The molecule has 0 amide bonds. The van der Waals surface area contributed by atoms with Crippen LogP contribution in [0.1, 0.15) is 6.92 Å². The Kier molecular flexibility index (Phi) is 3.68. The molecule has 0 saturated heterocycles. The second kappa shape index (κ2) is 5.99. The van der Waals surface area contributed by atoms with Gasteiger partial charge in [0.1, 0.15) is 18.8 Å². The number of aryl methyl sites for hydroxylation is 1. The maximum Gasteiger partial charge on any atom is 0.163 e. The van der Waals surface area contributed by atoms with E-state index in [4.69, 9.17) is 9.47 Å². The Morgan fingerprint density at radius 2 is 2.08 bits per heavy atom. The second-order valence-corrected chi connectivity index (χ2v) is 5.74. The van der Waals surface area contributed by atoms with Crippen molar-refractivity contribution in [2.24, 2.45) is 7.05 Å². The van der Waals surface area contributed by atoms with Crippen LogP contribution in [0.2, 0.25) is 0 Å². The summed E-state index contributed by atoms with van der Waals surface area (Å²) in [5.74, 6) is 2.46. The zero-order valence-electron chi connectivity index (χ0n) is 13.7. The first-order valence-corrected chi connectivity index (χ1v) is 8.02. The minimum absolute atomic E-state index is 0.0541. The van der Waals surface area contributed by atoms with Gasteiger partial charge in [0.2, 0.25) is 0 Å². The number of hydrogen-bond donors (Lipinski definition) is 0. The van der Waals surface area contributed by atoms with E-state index < -0.39 is 0 Å². The number of ether oxygens (including phenoxy) is 2. The van der Waals surface area contributed by atoms with E-state index in [1.807, 2.05) is 31.3 Å². The Labute approximate surface area is 139 Å². The van der Waals surface area contributed by atoms with Gasteiger partial charge in [0, 0.05) is 13.6 Å². The third kappa shape index (κ3) is 2.51. The molecule has 124 valence electrons. The lowest BCUT2D eigenvalue weighted by Gasteiger charge is -2.31. The van der Waals surface area contributed by atoms with Crippen molar-refractivity contribution < 1.29 is 9.47 Å². The lowest BCUT2D eigenvalue weighted by Crippen LogP contribution is -2.41. The van der Waals surface area contributed by atoms with Crippen molar-refractivity contribution in [2.75, 3.05) is 24.6 Å². The Balaban J connectivity index is 1.58. The first-order chi connectivity index (χ1) is 11.8. The molecule has 0 aliphatic carbocycles. The summed E-state index contributed by atoms with van der Waals surface area (Å²) in [6.45, 7) is 4.12. The van der Waals surface area contributed by atoms with Gasteiger partial charge in [-0.3, -0.25) is 4.68 Å². The van der Waals surface area contributed by atoms with Gasteiger partial charge < -0.3 is 14.4 Å². The first-order valence-electron chi connectivity index (χ1n) is 8.02. The second-order valence-electron chi connectivity index (χ2n) is 5.74. The summed E-state index contributed by atoms with van der Waals surface area (Å²) in [7, 11) is 1.88. The van der Waals surface area contributed by atoms with Crippen molar-refractivity contribution in [2.45, 2.75) is 13.0 Å². The van der Waals surface area contributed by atoms with Gasteiger partial charge >= 0.3 is 0 Å². The summed E-state index contributed by atoms with van der Waals surface area (Å²) in [5, 5.41) is 5.22. The van der Waals surface area contributed by atoms with E-state index in [9.17, 15) is 0 Å². The van der Waals surface area contributed by atoms with Crippen molar-refractivity contribution in [1.82, 2.24) is 19.7 Å². The molecular formula is C17H19N5O2. The van der Waals surface area contributed by atoms with Crippen LogP contribution in [0.25, 0.3) is 11.0 Å². The summed E-state index contributed by atoms with van der Waals surface area (Å²) in [6, 6.07) is 7.75. The summed E-state index contributed by atoms with van der Waals surface area (Å²) in [5.41, 5.74) is 0.824. The Bertz CT molecular complexity index is 863. The average molecular weight is 325 g/mol. The van der Waals surface area contributed by atoms with Gasteiger partial charge in [0.25, 0.3) is 0 Å². The molecule has 0 saturated carbocycles. The molecule has 1 aliphatic heterocycles. The third-order valence-corrected chi connectivity index (χ3v) is 4.18. The smallest absolute Gasteiger partial charge is 0.163 e. The molecule has 1 atom stereocenters. The number of benzene rings is 1. The molecule has 0 radical (unpaired) electrons. The van der Waals surface area contributed by atoms with Gasteiger partial charge in [-0.1, -0.05) is 12.1 Å². The predicted octanol–water partition coefficient (Wildman–Crippen LogP) is 2.03. The zero-order chi connectivity index (χ0) is 16.5. The molecule has 7 heteroatoms. The molecule has 0 N–H and O–H groups in total. The van der Waals surface area contributed by atoms with E-state index in [2.05, 4.69) is 26.9 Å². The Morgan fingerprint density at radius 3 is 2.92 bits per heavy atom. The fourth-order valence-electron chi connectivity index (χ4n) is 2.97. The van der Waals surface area contributed by atoms with Crippen LogP contribution < -0.4 is 14.4 Å². The van der Waals surface area contributed by atoms with E-state index >= 15 is 0 Å². The lowest BCUT2D eigenvalue weighted by molar-refractivity contribution is 0.0953. The number of para-hydroxylation sites is 2. The van der Waals surface area contributed by atoms with Gasteiger partial charge in [0.05, 0.1) is 18.1 Å². The van der Waals surface area contributed by atoms with Crippen LogP contribution in [0.4, 0.5) is 5.82 Å². The molecule has 3 heterocycles. The topological polar surface area (TPSA) is 65.3 Å². The highest BCUT2D eigenvalue weighted by Crippen LogP contribution is 2.31. The van der Waals surface area contributed by atoms with Gasteiger partial charge in [-0.2, -0.15) is 5.10 Å². The highest BCUT2D eigenvalue weighted by molar-refractivity contribution is 5.86. The van der Waals surface area contributed by atoms with Crippen molar-refractivity contribution in [1.29, 1.82) is 0 Å². The Morgan fingerprint density at radius 1 is 1.25 bits per heavy atom. The molecular weight excluding hydrogens is 306 g/mol. The highest BCUT2D eigenvalue weighted by atomic mass is 16.6. The van der Waals surface area contributed by atoms with E-state index in [1.165, 1.54) is 0 Å². The number of rotatable bonds is 4. The van der Waals surface area contributed by atoms with Crippen LogP contribution in [0.3, 0.4) is 0 Å². The summed E-state index contributed by atoms with van der Waals surface area (Å²) in [6.07, 6.45) is 3.33. The van der Waals surface area contributed by atoms with E-state index in [-0.39, 0.29) is 6.10 Å². The SMILES string of the molecule is CCN(CC1COc2ccccc2O1)c1ncnc2c1cnn2C. The van der Waals surface area contributed by atoms with Crippen LogP contribution in [0, 0.1) is 0 Å². The molecule has 3 aromatic rings. The van der Waals surface area contributed by atoms with Gasteiger partial charge in [0.15, 0.2) is 23.3 Å². The van der Waals surface area contributed by atoms with Crippen molar-refractivity contribution in [3.8, 4) is 11.5 Å². The third-order valence-electron chi connectivity index (χ3n) is 4.18. The number of anilines is 1. The quantitative estimate of drug-likeness (QED) is 0.731. The highest BCUT2D eigenvalue weighted by Gasteiger charge is 2.24. The largest absolute Gasteiger partial charge is 0.486 e. The van der Waals surface area contributed by atoms with Gasteiger partial charge in [-0.25, -0.2) is 9.97 Å². The van der Waals surface area contributed by atoms with Crippen LogP contribution in [0.5, 0.6) is 11.5 Å². The van der Waals surface area contributed by atoms with Crippen molar-refractivity contribution >= 4 is 16.9 Å². The number of likely N-dealkylation sites (N-methyl/N-ethyl adjacent to an activating group) is 1. The van der Waals surface area contributed by atoms with Gasteiger partial charge in [-0.15, -0.1) is 0 Å². The van der Waals surface area contributed by atoms with Gasteiger partial charge in [-0.05, 0) is 19.1 Å². The first kappa shape index (κ1) is 14.7. The molecule has 0 fully saturated rings. The molecule has 24 heavy (non-hydrogen) atoms. The fourth-order valence-corrected chi connectivity index (χ4v) is 2.97. The van der Waals surface area contributed by atoms with E-state index in [0.717, 1.165) is 34.9 Å². The number of aromatic nitrogens is 4. The molecule has 2 aromatic heterocycles. The standard InChI is InChI=1S/C17H19N5O2/c1-3-22(17-13-8-20-21(2)16(13)18-11-19-17)9-12-10-23-14-6-4-5-7-15(14)24-12/h4-8,11-12H,3,9-10H2,1-2H3. The Hall–Kier alpha value is -2.83. The summed E-state index contributed by atoms with van der Waals surface area (Å²) in [4.78, 5) is 10.9. The normalized spacial score (nSPS) is 16.3. The number of nitrogens with zero attached hydrogens (tertiary/aromatic N) is 5. The molecule has 4 rings (SSSR count). The molecule has 1 unspecified atom stereocenters. The molecule has 7 nitrogen and oxygen atoms in total. The number of hydrogen-bond acceptors (Lipinski definition) is 6. The molecule has 1 aromatic carbocycles. The van der Waals surface area contributed by atoms with Crippen LogP contribution in [0.15, 0.2) is 36.8 Å². The lowest BCUT2D eigenvalue weighted by atomic mass is 10.2. The number of fused-ring (bicyclic) bond motifs is 2. The maximum absolute atomic E-state index is 6.07. The zero-order valence-corrected chi connectivity index (χ0v) is 13.7. The summed E-state index contributed by atoms with van der Waals surface area (Å²) >= 11 is 0. The molecule has 0 spiro atoms. The van der Waals surface area contributed by atoms with Crippen molar-refractivity contribution in [3.63, 3.8) is 0 Å². The van der Waals surface area contributed by atoms with E-state index in [1.54, 1.807) is 17.2 Å². The summed E-state index contributed by atoms with van der Waals surface area (Å²) < 4.78 is 13.6. The van der Waals surface area contributed by atoms with Crippen molar-refractivity contribution in [3.05, 3.63) is 36.8 Å². The fraction of sp³-hybridized carbons (Fsp3) is 0.353. The van der Waals surface area contributed by atoms with E-state index in [0.29, 0.717) is 13.2 Å². The van der Waals surface area contributed by atoms with Crippen LogP contribution in [-0.2, 0) is 7.05 Å². The minimum Gasteiger partial charge on any atom is -0.486 e.